The first-order valence-electron chi connectivity index (χ1n) is 6.77. The summed E-state index contributed by atoms with van der Waals surface area (Å²) in [6.45, 7) is 2.92. The van der Waals surface area contributed by atoms with Crippen LogP contribution in [0.2, 0.25) is 0 Å². The van der Waals surface area contributed by atoms with Crippen molar-refractivity contribution in [2.45, 2.75) is 64.3 Å². The maximum atomic E-state index is 11.6. The van der Waals surface area contributed by atoms with E-state index in [1.54, 1.807) is 0 Å². The Balaban J connectivity index is 2.04. The van der Waals surface area contributed by atoms with Crippen molar-refractivity contribution in [1.82, 2.24) is 5.32 Å². The van der Waals surface area contributed by atoms with E-state index in [0.29, 0.717) is 0 Å². The number of unbranched alkanes of at least 4 members (excludes halogenated alkanes) is 1. The molecule has 0 aromatic heterocycles. The molecule has 1 atom stereocenters. The topological polar surface area (TPSA) is 55.1 Å². The number of rotatable bonds is 7. The monoisotopic (exact) mass is 226 g/mol. The van der Waals surface area contributed by atoms with Gasteiger partial charge in [-0.25, -0.2) is 0 Å². The molecule has 0 bridgehead atoms. The first-order chi connectivity index (χ1) is 7.74. The summed E-state index contributed by atoms with van der Waals surface area (Å²) < 4.78 is 0. The van der Waals surface area contributed by atoms with Gasteiger partial charge in [-0.05, 0) is 18.8 Å². The van der Waals surface area contributed by atoms with Gasteiger partial charge in [-0.3, -0.25) is 4.79 Å². The third kappa shape index (κ3) is 4.97. The van der Waals surface area contributed by atoms with Crippen LogP contribution in [0.1, 0.15) is 58.3 Å². The minimum absolute atomic E-state index is 0.0337. The lowest BCUT2D eigenvalue weighted by Crippen LogP contribution is -2.41. The molecule has 3 N–H and O–H groups in total. The summed E-state index contributed by atoms with van der Waals surface area (Å²) in [5.41, 5.74) is 5.79. The molecule has 94 valence electrons. The molecule has 1 aliphatic carbocycles. The summed E-state index contributed by atoms with van der Waals surface area (Å²) in [5.74, 6) is 0.874. The van der Waals surface area contributed by atoms with Crippen molar-refractivity contribution in [1.29, 1.82) is 0 Å². The fourth-order valence-corrected chi connectivity index (χ4v) is 2.38. The van der Waals surface area contributed by atoms with Gasteiger partial charge in [-0.2, -0.15) is 0 Å². The van der Waals surface area contributed by atoms with E-state index in [9.17, 15) is 4.79 Å². The summed E-state index contributed by atoms with van der Waals surface area (Å²) in [6.07, 6.45) is 9.51. The van der Waals surface area contributed by atoms with E-state index in [1.807, 2.05) is 0 Å². The summed E-state index contributed by atoms with van der Waals surface area (Å²) in [4.78, 5) is 11.6. The van der Waals surface area contributed by atoms with E-state index in [1.165, 1.54) is 25.7 Å². The van der Waals surface area contributed by atoms with E-state index < -0.39 is 0 Å². The first-order valence-corrected chi connectivity index (χ1v) is 6.77. The van der Waals surface area contributed by atoms with Crippen molar-refractivity contribution in [2.24, 2.45) is 11.7 Å². The van der Waals surface area contributed by atoms with Crippen LogP contribution >= 0.6 is 0 Å². The lowest BCUT2D eigenvalue weighted by Gasteiger charge is -2.13. The molecular formula is C13H26N2O. The lowest BCUT2D eigenvalue weighted by molar-refractivity contribution is -0.122. The molecule has 1 rings (SSSR count). The molecule has 3 nitrogen and oxygen atoms in total. The van der Waals surface area contributed by atoms with Crippen LogP contribution in [0.25, 0.3) is 0 Å². The van der Waals surface area contributed by atoms with Gasteiger partial charge in [-0.1, -0.05) is 45.4 Å². The lowest BCUT2D eigenvalue weighted by atomic mass is 10.0. The van der Waals surface area contributed by atoms with Crippen molar-refractivity contribution < 1.29 is 4.79 Å². The predicted molar refractivity (Wildman–Crippen MR) is 67.1 cm³/mol. The van der Waals surface area contributed by atoms with E-state index in [4.69, 9.17) is 5.73 Å². The second-order valence-electron chi connectivity index (χ2n) is 4.98. The maximum absolute atomic E-state index is 11.6. The Bertz CT molecular complexity index is 200. The second-order valence-corrected chi connectivity index (χ2v) is 4.98. The second kappa shape index (κ2) is 7.66. The van der Waals surface area contributed by atoms with Gasteiger partial charge >= 0.3 is 0 Å². The van der Waals surface area contributed by atoms with E-state index >= 15 is 0 Å². The zero-order chi connectivity index (χ0) is 11.8. The van der Waals surface area contributed by atoms with Crippen LogP contribution in [-0.2, 0) is 4.79 Å². The van der Waals surface area contributed by atoms with E-state index in [-0.39, 0.29) is 11.9 Å². The van der Waals surface area contributed by atoms with E-state index in [0.717, 1.165) is 38.1 Å². The van der Waals surface area contributed by atoms with Crippen LogP contribution in [-0.4, -0.2) is 18.5 Å². The standard InChI is InChI=1S/C13H26N2O/c1-2-3-8-12(14)13(16)15-10-9-11-6-4-5-7-11/h11-12H,2-10,14H2,1H3,(H,15,16)/t12-/m0/s1. The van der Waals surface area contributed by atoms with E-state index in [2.05, 4.69) is 12.2 Å². The molecular weight excluding hydrogens is 200 g/mol. The summed E-state index contributed by atoms with van der Waals surface area (Å²) in [5, 5.41) is 2.95. The smallest absolute Gasteiger partial charge is 0.236 e. The average Bonchev–Trinajstić information content (AvgIpc) is 2.78. The predicted octanol–water partition coefficient (Wildman–Crippen LogP) is 2.20. The summed E-state index contributed by atoms with van der Waals surface area (Å²) >= 11 is 0. The van der Waals surface area contributed by atoms with Crippen molar-refractivity contribution in [3.63, 3.8) is 0 Å². The Morgan fingerprint density at radius 2 is 2.12 bits per heavy atom. The third-order valence-corrected chi connectivity index (χ3v) is 3.53. The largest absolute Gasteiger partial charge is 0.355 e. The Kier molecular flexibility index (Phi) is 6.46. The molecule has 0 heterocycles. The van der Waals surface area contributed by atoms with Crippen molar-refractivity contribution >= 4 is 5.91 Å². The number of nitrogens with one attached hydrogen (secondary N) is 1. The van der Waals surface area contributed by atoms with Crippen molar-refractivity contribution in [3.8, 4) is 0 Å². The fourth-order valence-electron chi connectivity index (χ4n) is 2.38. The Morgan fingerprint density at radius 1 is 1.44 bits per heavy atom. The fraction of sp³-hybridized carbons (Fsp3) is 0.923. The zero-order valence-electron chi connectivity index (χ0n) is 10.5. The maximum Gasteiger partial charge on any atom is 0.236 e. The molecule has 0 aromatic rings. The number of amides is 1. The molecule has 3 heteroatoms. The molecule has 0 aliphatic heterocycles. The van der Waals surface area contributed by atoms with Crippen molar-refractivity contribution in [2.75, 3.05) is 6.54 Å². The highest BCUT2D eigenvalue weighted by Crippen LogP contribution is 2.26. The van der Waals surface area contributed by atoms with Gasteiger partial charge in [0.15, 0.2) is 0 Å². The van der Waals surface area contributed by atoms with Gasteiger partial charge in [0.2, 0.25) is 5.91 Å². The highest BCUT2D eigenvalue weighted by Gasteiger charge is 2.16. The average molecular weight is 226 g/mol. The zero-order valence-corrected chi connectivity index (χ0v) is 10.5. The number of hydrogen-bond donors (Lipinski definition) is 2. The minimum Gasteiger partial charge on any atom is -0.355 e. The summed E-state index contributed by atoms with van der Waals surface area (Å²) in [6, 6.07) is -0.302. The molecule has 1 fully saturated rings. The highest BCUT2D eigenvalue weighted by molar-refractivity contribution is 5.81. The molecule has 0 spiro atoms. The minimum atomic E-state index is -0.302. The number of nitrogens with two attached hydrogens (primary N) is 1. The first kappa shape index (κ1) is 13.5. The highest BCUT2D eigenvalue weighted by atomic mass is 16.2. The van der Waals surface area contributed by atoms with Gasteiger partial charge < -0.3 is 11.1 Å². The van der Waals surface area contributed by atoms with Gasteiger partial charge in [0.1, 0.15) is 0 Å². The quantitative estimate of drug-likeness (QED) is 0.699. The van der Waals surface area contributed by atoms with Gasteiger partial charge in [-0.15, -0.1) is 0 Å². The molecule has 1 aliphatic rings. The van der Waals surface area contributed by atoms with Crippen molar-refractivity contribution in [3.05, 3.63) is 0 Å². The molecule has 0 saturated heterocycles. The van der Waals surface area contributed by atoms with Crippen LogP contribution in [0, 0.1) is 5.92 Å². The SMILES string of the molecule is CCCC[C@H](N)C(=O)NCCC1CCCC1. The molecule has 1 saturated carbocycles. The molecule has 16 heavy (non-hydrogen) atoms. The summed E-state index contributed by atoms with van der Waals surface area (Å²) in [7, 11) is 0. The Labute approximate surface area is 99.2 Å². The van der Waals surface area contributed by atoms with Crippen LogP contribution in [0.15, 0.2) is 0 Å². The normalized spacial score (nSPS) is 18.6. The van der Waals surface area contributed by atoms with Gasteiger partial charge in [0, 0.05) is 6.54 Å². The molecule has 0 unspecified atom stereocenters. The molecule has 1 amide bonds. The van der Waals surface area contributed by atoms with Crippen LogP contribution in [0.4, 0.5) is 0 Å². The van der Waals surface area contributed by atoms with Gasteiger partial charge in [0.05, 0.1) is 6.04 Å². The number of hydrogen-bond acceptors (Lipinski definition) is 2. The molecule has 0 aromatic carbocycles. The van der Waals surface area contributed by atoms with Crippen LogP contribution in [0.5, 0.6) is 0 Å². The van der Waals surface area contributed by atoms with Crippen LogP contribution < -0.4 is 11.1 Å². The number of carbonyl (C=O) groups is 1. The Morgan fingerprint density at radius 3 is 2.75 bits per heavy atom. The van der Waals surface area contributed by atoms with Crippen LogP contribution in [0.3, 0.4) is 0 Å². The number of carbonyl (C=O) groups excluding carboxylic acids is 1. The van der Waals surface area contributed by atoms with Gasteiger partial charge in [0.25, 0.3) is 0 Å². The molecule has 0 radical (unpaired) electrons. The Hall–Kier alpha value is -0.570. The third-order valence-electron chi connectivity index (χ3n) is 3.53.